The first-order chi connectivity index (χ1) is 10.9. The number of carbonyl (C=O) groups excluding carboxylic acids is 1. The topological polar surface area (TPSA) is 70.1 Å². The summed E-state index contributed by atoms with van der Waals surface area (Å²) in [6.07, 6.45) is -0.176. The molecule has 1 saturated heterocycles. The highest BCUT2D eigenvalue weighted by Gasteiger charge is 2.27. The summed E-state index contributed by atoms with van der Waals surface area (Å²) in [5.74, 6) is -0.890. The van der Waals surface area contributed by atoms with Crippen LogP contribution < -0.4 is 0 Å². The Labute approximate surface area is 144 Å². The van der Waals surface area contributed by atoms with Crippen LogP contribution in [0.5, 0.6) is 0 Å². The fourth-order valence-electron chi connectivity index (χ4n) is 2.67. The maximum absolute atomic E-state index is 12.7. The number of ether oxygens (including phenoxy) is 1. The molecule has 0 unspecified atom stereocenters. The van der Waals surface area contributed by atoms with Gasteiger partial charge in [0.2, 0.25) is 0 Å². The highest BCUT2D eigenvalue weighted by atomic mass is 79.9. The van der Waals surface area contributed by atoms with Gasteiger partial charge in [-0.2, -0.15) is 0 Å². The molecule has 7 heteroatoms. The van der Waals surface area contributed by atoms with E-state index < -0.39 is 5.97 Å². The van der Waals surface area contributed by atoms with Gasteiger partial charge in [-0.3, -0.25) is 14.5 Å². The molecule has 6 nitrogen and oxygen atoms in total. The summed E-state index contributed by atoms with van der Waals surface area (Å²) in [6.45, 7) is 3.82. The Morgan fingerprint density at radius 1 is 1.48 bits per heavy atom. The Kier molecular flexibility index (Phi) is 6.15. The minimum atomic E-state index is -0.874. The SMILES string of the molecule is Cc1c(Br)cccc1C(=O)N1CCO[C@H](CN(C)CC(=O)O)C1. The van der Waals surface area contributed by atoms with Crippen molar-refractivity contribution in [2.24, 2.45) is 0 Å². The maximum atomic E-state index is 12.7. The monoisotopic (exact) mass is 384 g/mol. The van der Waals surface area contributed by atoms with E-state index in [1.54, 1.807) is 16.8 Å². The summed E-state index contributed by atoms with van der Waals surface area (Å²) >= 11 is 3.45. The van der Waals surface area contributed by atoms with Crippen molar-refractivity contribution in [3.05, 3.63) is 33.8 Å². The van der Waals surface area contributed by atoms with Crippen LogP contribution in [0.15, 0.2) is 22.7 Å². The number of nitrogens with zero attached hydrogens (tertiary/aromatic N) is 2. The Balaban J connectivity index is 2.01. The fourth-order valence-corrected chi connectivity index (χ4v) is 3.03. The van der Waals surface area contributed by atoms with Crippen molar-refractivity contribution >= 4 is 27.8 Å². The molecule has 1 aromatic rings. The van der Waals surface area contributed by atoms with Crippen molar-refractivity contribution in [1.29, 1.82) is 0 Å². The third kappa shape index (κ3) is 4.76. The molecule has 1 atom stereocenters. The van der Waals surface area contributed by atoms with Crippen molar-refractivity contribution in [3.8, 4) is 0 Å². The zero-order chi connectivity index (χ0) is 17.0. The van der Waals surface area contributed by atoms with E-state index in [4.69, 9.17) is 9.84 Å². The van der Waals surface area contributed by atoms with Gasteiger partial charge in [-0.25, -0.2) is 0 Å². The van der Waals surface area contributed by atoms with E-state index in [-0.39, 0.29) is 18.6 Å². The number of carbonyl (C=O) groups is 2. The molecule has 0 aliphatic carbocycles. The normalized spacial score (nSPS) is 18.3. The summed E-state index contributed by atoms with van der Waals surface area (Å²) in [6, 6.07) is 5.58. The molecule has 0 spiro atoms. The van der Waals surface area contributed by atoms with Crippen LogP contribution in [-0.4, -0.2) is 72.7 Å². The van der Waals surface area contributed by atoms with Gasteiger partial charge in [-0.15, -0.1) is 0 Å². The molecule has 2 rings (SSSR count). The van der Waals surface area contributed by atoms with E-state index in [0.717, 1.165) is 10.0 Å². The van der Waals surface area contributed by atoms with Gasteiger partial charge in [-0.1, -0.05) is 22.0 Å². The Morgan fingerprint density at radius 2 is 2.22 bits per heavy atom. The van der Waals surface area contributed by atoms with Gasteiger partial charge in [0.05, 0.1) is 19.3 Å². The third-order valence-corrected chi connectivity index (χ3v) is 4.70. The minimum absolute atomic E-state index is 0.0158. The number of morpholine rings is 1. The molecule has 1 aliphatic rings. The van der Waals surface area contributed by atoms with Crippen LogP contribution in [0.1, 0.15) is 15.9 Å². The molecule has 1 aromatic carbocycles. The minimum Gasteiger partial charge on any atom is -0.480 e. The quantitative estimate of drug-likeness (QED) is 0.834. The number of benzene rings is 1. The Bertz CT molecular complexity index is 593. The van der Waals surface area contributed by atoms with Crippen LogP contribution in [0.4, 0.5) is 0 Å². The van der Waals surface area contributed by atoms with Gasteiger partial charge >= 0.3 is 5.97 Å². The fraction of sp³-hybridized carbons (Fsp3) is 0.500. The summed E-state index contributed by atoms with van der Waals surface area (Å²) in [4.78, 5) is 26.9. The lowest BCUT2D eigenvalue weighted by atomic mass is 10.1. The Hall–Kier alpha value is -1.44. The molecule has 1 N–H and O–H groups in total. The summed E-state index contributed by atoms with van der Waals surface area (Å²) in [5.41, 5.74) is 1.60. The molecule has 1 fully saturated rings. The number of likely N-dealkylation sites (N-methyl/N-ethyl adjacent to an activating group) is 1. The highest BCUT2D eigenvalue weighted by Crippen LogP contribution is 2.21. The van der Waals surface area contributed by atoms with Crippen molar-refractivity contribution in [2.75, 3.05) is 39.8 Å². The van der Waals surface area contributed by atoms with Gasteiger partial charge in [0.15, 0.2) is 0 Å². The van der Waals surface area contributed by atoms with E-state index in [0.29, 0.717) is 31.8 Å². The predicted octanol–water partition coefficient (Wildman–Crippen LogP) is 1.61. The number of carboxylic acid groups (broad SMARTS) is 1. The second-order valence-electron chi connectivity index (χ2n) is 5.75. The molecule has 126 valence electrons. The van der Waals surface area contributed by atoms with Gasteiger partial charge in [0, 0.05) is 29.7 Å². The molecule has 1 heterocycles. The van der Waals surface area contributed by atoms with Crippen LogP contribution in [0.3, 0.4) is 0 Å². The van der Waals surface area contributed by atoms with Crippen LogP contribution >= 0.6 is 15.9 Å². The summed E-state index contributed by atoms with van der Waals surface area (Å²) < 4.78 is 6.57. The van der Waals surface area contributed by atoms with Crippen LogP contribution in [-0.2, 0) is 9.53 Å². The van der Waals surface area contributed by atoms with Crippen LogP contribution in [0, 0.1) is 6.92 Å². The number of rotatable bonds is 5. The van der Waals surface area contributed by atoms with Crippen molar-refractivity contribution in [1.82, 2.24) is 9.80 Å². The second-order valence-corrected chi connectivity index (χ2v) is 6.60. The Morgan fingerprint density at radius 3 is 2.91 bits per heavy atom. The lowest BCUT2D eigenvalue weighted by molar-refractivity contribution is -0.138. The number of carboxylic acids is 1. The average Bonchev–Trinajstić information content (AvgIpc) is 2.48. The molecule has 1 amide bonds. The molecular weight excluding hydrogens is 364 g/mol. The zero-order valence-electron chi connectivity index (χ0n) is 13.3. The van der Waals surface area contributed by atoms with Crippen LogP contribution in [0.25, 0.3) is 0 Å². The number of aliphatic carboxylic acids is 1. The largest absolute Gasteiger partial charge is 0.480 e. The van der Waals surface area contributed by atoms with Crippen LogP contribution in [0.2, 0.25) is 0 Å². The summed E-state index contributed by atoms with van der Waals surface area (Å²) in [5, 5.41) is 8.81. The first-order valence-electron chi connectivity index (χ1n) is 7.45. The van der Waals surface area contributed by atoms with Gasteiger partial charge in [0.25, 0.3) is 5.91 Å². The van der Waals surface area contributed by atoms with Gasteiger partial charge < -0.3 is 14.7 Å². The van der Waals surface area contributed by atoms with E-state index in [1.165, 1.54) is 0 Å². The van der Waals surface area contributed by atoms with Crippen molar-refractivity contribution < 1.29 is 19.4 Å². The molecule has 0 radical (unpaired) electrons. The standard InChI is InChI=1S/C16H21BrN2O4/c1-11-13(4-3-5-14(11)17)16(22)19-6-7-23-12(9-19)8-18(2)10-15(20)21/h3-5,12H,6-10H2,1-2H3,(H,20,21)/t12-/m1/s1. The van der Waals surface area contributed by atoms with E-state index in [2.05, 4.69) is 15.9 Å². The average molecular weight is 385 g/mol. The van der Waals surface area contributed by atoms with E-state index in [9.17, 15) is 9.59 Å². The number of halogens is 1. The second kappa shape index (κ2) is 7.90. The van der Waals surface area contributed by atoms with Crippen molar-refractivity contribution in [2.45, 2.75) is 13.0 Å². The van der Waals surface area contributed by atoms with Gasteiger partial charge in [0.1, 0.15) is 0 Å². The summed E-state index contributed by atoms with van der Waals surface area (Å²) in [7, 11) is 1.73. The lowest BCUT2D eigenvalue weighted by Gasteiger charge is -2.35. The first kappa shape index (κ1) is 17.9. The first-order valence-corrected chi connectivity index (χ1v) is 8.24. The molecule has 1 aliphatic heterocycles. The molecule has 0 bridgehead atoms. The van der Waals surface area contributed by atoms with E-state index in [1.807, 2.05) is 25.1 Å². The molecular formula is C16H21BrN2O4. The third-order valence-electron chi connectivity index (χ3n) is 3.84. The van der Waals surface area contributed by atoms with E-state index >= 15 is 0 Å². The van der Waals surface area contributed by atoms with Crippen molar-refractivity contribution in [3.63, 3.8) is 0 Å². The van der Waals surface area contributed by atoms with Gasteiger partial charge in [-0.05, 0) is 31.7 Å². The maximum Gasteiger partial charge on any atom is 0.317 e. The molecule has 0 aromatic heterocycles. The highest BCUT2D eigenvalue weighted by molar-refractivity contribution is 9.10. The smallest absolute Gasteiger partial charge is 0.317 e. The number of hydrogen-bond acceptors (Lipinski definition) is 4. The number of amides is 1. The molecule has 0 saturated carbocycles. The predicted molar refractivity (Wildman–Crippen MR) is 89.7 cm³/mol. The number of hydrogen-bond donors (Lipinski definition) is 1. The zero-order valence-corrected chi connectivity index (χ0v) is 14.9. The lowest BCUT2D eigenvalue weighted by Crippen LogP contribution is -2.49. The molecule has 23 heavy (non-hydrogen) atoms.